The van der Waals surface area contributed by atoms with Crippen molar-refractivity contribution in [2.24, 2.45) is 17.3 Å². The molecule has 2 aliphatic heterocycles. The number of esters is 1. The maximum absolute atomic E-state index is 12.9. The first kappa shape index (κ1) is 21.8. The molecule has 5 heteroatoms. The minimum Gasteiger partial charge on any atom is -0.497 e. The van der Waals surface area contributed by atoms with Crippen molar-refractivity contribution < 1.29 is 14.3 Å². The van der Waals surface area contributed by atoms with Gasteiger partial charge in [-0.2, -0.15) is 0 Å². The summed E-state index contributed by atoms with van der Waals surface area (Å²) in [5.41, 5.74) is 4.71. The monoisotopic (exact) mass is 438 g/mol. The van der Waals surface area contributed by atoms with Crippen molar-refractivity contribution in [1.82, 2.24) is 4.90 Å². The normalized spacial score (nSPS) is 35.4. The molecule has 1 aromatic carbocycles. The van der Waals surface area contributed by atoms with E-state index in [0.717, 1.165) is 44.8 Å². The van der Waals surface area contributed by atoms with E-state index in [4.69, 9.17) is 9.47 Å². The standard InChI is InChI=1S/C27H38N2O3/c1-18-6-5-11-27(3)15-25-22(14-24(18)27)23(26(30)32-25)17-28-12-13-29(19(2)16-28)20-7-9-21(31-4)10-8-20/h7-10,19,22-23,25H,5-6,11-17H2,1-4H3/t19-,22+,23-,25-,27-/m1/s1. The molecular weight excluding hydrogens is 400 g/mol. The molecule has 0 spiro atoms. The second-order valence-electron chi connectivity index (χ2n) is 10.8. The van der Waals surface area contributed by atoms with Crippen LogP contribution in [0.5, 0.6) is 5.75 Å². The number of benzene rings is 1. The maximum Gasteiger partial charge on any atom is 0.310 e. The van der Waals surface area contributed by atoms with Crippen molar-refractivity contribution in [2.75, 3.05) is 38.2 Å². The van der Waals surface area contributed by atoms with Gasteiger partial charge in [0.25, 0.3) is 0 Å². The van der Waals surface area contributed by atoms with E-state index < -0.39 is 0 Å². The highest BCUT2D eigenvalue weighted by Gasteiger charge is 2.53. The Balaban J connectivity index is 1.25. The van der Waals surface area contributed by atoms with E-state index >= 15 is 0 Å². The summed E-state index contributed by atoms with van der Waals surface area (Å²) in [6.07, 6.45) is 5.95. The van der Waals surface area contributed by atoms with Gasteiger partial charge >= 0.3 is 5.97 Å². The molecule has 0 N–H and O–H groups in total. The van der Waals surface area contributed by atoms with Crippen molar-refractivity contribution in [3.05, 3.63) is 35.4 Å². The first-order valence-corrected chi connectivity index (χ1v) is 12.4. The van der Waals surface area contributed by atoms with Gasteiger partial charge in [0.2, 0.25) is 0 Å². The van der Waals surface area contributed by atoms with Crippen LogP contribution in [0, 0.1) is 17.3 Å². The summed E-state index contributed by atoms with van der Waals surface area (Å²) in [6.45, 7) is 10.8. The third-order valence-corrected chi connectivity index (χ3v) is 8.75. The van der Waals surface area contributed by atoms with Crippen LogP contribution in [0.15, 0.2) is 35.4 Å². The number of anilines is 1. The highest BCUT2D eigenvalue weighted by Crippen LogP contribution is 2.55. The van der Waals surface area contributed by atoms with Crippen molar-refractivity contribution in [1.29, 1.82) is 0 Å². The van der Waals surface area contributed by atoms with Crippen molar-refractivity contribution in [3.8, 4) is 5.75 Å². The lowest BCUT2D eigenvalue weighted by Gasteiger charge is -2.46. The summed E-state index contributed by atoms with van der Waals surface area (Å²) in [7, 11) is 1.70. The molecule has 1 saturated carbocycles. The van der Waals surface area contributed by atoms with Gasteiger partial charge in [0.1, 0.15) is 11.9 Å². The Labute approximate surface area is 192 Å². The van der Waals surface area contributed by atoms with E-state index in [1.54, 1.807) is 18.3 Å². The molecule has 2 heterocycles. The van der Waals surface area contributed by atoms with Gasteiger partial charge in [0.15, 0.2) is 0 Å². The number of piperazine rings is 1. The van der Waals surface area contributed by atoms with E-state index in [9.17, 15) is 4.79 Å². The predicted molar refractivity (Wildman–Crippen MR) is 127 cm³/mol. The van der Waals surface area contributed by atoms with Gasteiger partial charge in [-0.05, 0) is 75.6 Å². The Morgan fingerprint density at radius 1 is 1.22 bits per heavy atom. The van der Waals surface area contributed by atoms with Crippen molar-refractivity contribution in [2.45, 2.75) is 65.0 Å². The third kappa shape index (κ3) is 3.83. The summed E-state index contributed by atoms with van der Waals surface area (Å²) in [6, 6.07) is 8.75. The second kappa shape index (κ2) is 8.40. The largest absolute Gasteiger partial charge is 0.497 e. The molecule has 0 aromatic heterocycles. The van der Waals surface area contributed by atoms with Crippen LogP contribution in [0.3, 0.4) is 0 Å². The smallest absolute Gasteiger partial charge is 0.310 e. The van der Waals surface area contributed by atoms with Gasteiger partial charge in [0.05, 0.1) is 13.0 Å². The highest BCUT2D eigenvalue weighted by atomic mass is 16.6. The fraction of sp³-hybridized carbons (Fsp3) is 0.667. The molecule has 5 rings (SSSR count). The van der Waals surface area contributed by atoms with E-state index in [-0.39, 0.29) is 23.4 Å². The zero-order valence-corrected chi connectivity index (χ0v) is 20.1. The number of carbonyl (C=O) groups excluding carboxylic acids is 1. The molecule has 0 radical (unpaired) electrons. The lowest BCUT2D eigenvalue weighted by Crippen LogP contribution is -2.53. The number of ether oxygens (including phenoxy) is 2. The Bertz CT molecular complexity index is 895. The maximum atomic E-state index is 12.9. The first-order chi connectivity index (χ1) is 15.4. The van der Waals surface area contributed by atoms with Gasteiger partial charge in [-0.3, -0.25) is 9.69 Å². The molecule has 4 aliphatic rings. The Hall–Kier alpha value is -2.01. The molecule has 2 saturated heterocycles. The number of allylic oxidation sites excluding steroid dienone is 2. The van der Waals surface area contributed by atoms with Gasteiger partial charge in [0, 0.05) is 43.8 Å². The van der Waals surface area contributed by atoms with Crippen LogP contribution in [-0.4, -0.2) is 56.3 Å². The van der Waals surface area contributed by atoms with Crippen molar-refractivity contribution >= 4 is 11.7 Å². The quantitative estimate of drug-likeness (QED) is 0.505. The van der Waals surface area contributed by atoms with E-state index in [0.29, 0.717) is 12.0 Å². The number of fused-ring (bicyclic) bond motifs is 2. The number of hydrogen-bond acceptors (Lipinski definition) is 5. The van der Waals surface area contributed by atoms with E-state index in [1.807, 2.05) is 12.1 Å². The summed E-state index contributed by atoms with van der Waals surface area (Å²) >= 11 is 0. The van der Waals surface area contributed by atoms with Crippen molar-refractivity contribution in [3.63, 3.8) is 0 Å². The molecule has 0 bridgehead atoms. The van der Waals surface area contributed by atoms with Gasteiger partial charge in [-0.15, -0.1) is 0 Å². The van der Waals surface area contributed by atoms with Crippen LogP contribution >= 0.6 is 0 Å². The number of hydrogen-bond donors (Lipinski definition) is 0. The Kier molecular flexibility index (Phi) is 5.73. The Morgan fingerprint density at radius 2 is 2.00 bits per heavy atom. The molecule has 2 aliphatic carbocycles. The fourth-order valence-corrected chi connectivity index (χ4v) is 6.96. The van der Waals surface area contributed by atoms with Gasteiger partial charge in [-0.1, -0.05) is 18.1 Å². The number of rotatable bonds is 4. The zero-order chi connectivity index (χ0) is 22.5. The van der Waals surface area contributed by atoms with Crippen LogP contribution in [0.25, 0.3) is 0 Å². The van der Waals surface area contributed by atoms with Crippen LogP contribution in [0.1, 0.15) is 52.9 Å². The lowest BCUT2D eigenvalue weighted by molar-refractivity contribution is -0.145. The second-order valence-corrected chi connectivity index (χ2v) is 10.8. The Morgan fingerprint density at radius 3 is 2.72 bits per heavy atom. The summed E-state index contributed by atoms with van der Waals surface area (Å²) in [5, 5.41) is 0. The molecule has 0 amide bonds. The predicted octanol–water partition coefficient (Wildman–Crippen LogP) is 4.66. The molecule has 5 nitrogen and oxygen atoms in total. The fourth-order valence-electron chi connectivity index (χ4n) is 6.96. The molecule has 3 fully saturated rings. The molecule has 5 atom stereocenters. The summed E-state index contributed by atoms with van der Waals surface area (Å²) in [5.74, 6) is 1.31. The summed E-state index contributed by atoms with van der Waals surface area (Å²) < 4.78 is 11.3. The number of methoxy groups -OCH3 is 1. The van der Waals surface area contributed by atoms with Crippen LogP contribution in [0.4, 0.5) is 5.69 Å². The van der Waals surface area contributed by atoms with Gasteiger partial charge < -0.3 is 14.4 Å². The lowest BCUT2D eigenvalue weighted by atomic mass is 9.59. The average Bonchev–Trinajstić information content (AvgIpc) is 3.06. The van der Waals surface area contributed by atoms with E-state index in [1.165, 1.54) is 24.9 Å². The van der Waals surface area contributed by atoms with E-state index in [2.05, 4.69) is 42.7 Å². The minimum atomic E-state index is 0.0199. The minimum absolute atomic E-state index is 0.0199. The third-order valence-electron chi connectivity index (χ3n) is 8.75. The van der Waals surface area contributed by atoms with Crippen LogP contribution in [-0.2, 0) is 9.53 Å². The zero-order valence-electron chi connectivity index (χ0n) is 20.1. The molecular formula is C27H38N2O3. The number of carbonyl (C=O) groups is 1. The highest BCUT2D eigenvalue weighted by molar-refractivity contribution is 5.76. The molecule has 32 heavy (non-hydrogen) atoms. The average molecular weight is 439 g/mol. The molecule has 0 unspecified atom stereocenters. The SMILES string of the molecule is COc1ccc(N2CCN(C[C@H]3C(=O)O[C@@H]4C[C@@]5(C)CCCC(C)=C5C[C@H]43)C[C@H]2C)cc1. The first-order valence-electron chi connectivity index (χ1n) is 12.4. The van der Waals surface area contributed by atoms with Crippen LogP contribution in [0.2, 0.25) is 0 Å². The van der Waals surface area contributed by atoms with Gasteiger partial charge in [-0.25, -0.2) is 0 Å². The molecule has 1 aromatic rings. The topological polar surface area (TPSA) is 42.0 Å². The molecule has 174 valence electrons. The van der Waals surface area contributed by atoms with Crippen LogP contribution < -0.4 is 9.64 Å². The summed E-state index contributed by atoms with van der Waals surface area (Å²) in [4.78, 5) is 17.9. The number of nitrogens with zero attached hydrogens (tertiary/aromatic N) is 2.